The first-order valence-electron chi connectivity index (χ1n) is 4.53. The highest BCUT2D eigenvalue weighted by atomic mass is 32.2. The molecule has 1 aromatic rings. The summed E-state index contributed by atoms with van der Waals surface area (Å²) in [5, 5.41) is 19.0. The van der Waals surface area contributed by atoms with E-state index in [-0.39, 0.29) is 12.6 Å². The van der Waals surface area contributed by atoms with Gasteiger partial charge in [-0.1, -0.05) is 0 Å². The van der Waals surface area contributed by atoms with Crippen molar-refractivity contribution in [3.05, 3.63) is 16.3 Å². The molecule has 0 saturated heterocycles. The Bertz CT molecular complexity index is 522. The van der Waals surface area contributed by atoms with Crippen LogP contribution in [0.1, 0.15) is 6.92 Å². The summed E-state index contributed by atoms with van der Waals surface area (Å²) in [6.07, 6.45) is 0.756. The summed E-state index contributed by atoms with van der Waals surface area (Å²) in [7, 11) is -2.70. The van der Waals surface area contributed by atoms with Gasteiger partial charge in [0.1, 0.15) is 0 Å². The Balaban J connectivity index is 3.18. The van der Waals surface area contributed by atoms with Crippen molar-refractivity contribution < 1.29 is 18.1 Å². The number of hydrogen-bond acceptors (Lipinski definition) is 6. The highest BCUT2D eigenvalue weighted by Crippen LogP contribution is 2.20. The second-order valence-corrected chi connectivity index (χ2v) is 4.92. The number of hydrogen-bond donors (Lipinski definition) is 1. The van der Waals surface area contributed by atoms with Crippen molar-refractivity contribution in [3.63, 3.8) is 0 Å². The zero-order valence-electron chi connectivity index (χ0n) is 9.23. The molecular weight excluding hydrogens is 252 g/mol. The summed E-state index contributed by atoms with van der Waals surface area (Å²) in [6.45, 7) is 1.90. The van der Waals surface area contributed by atoms with Gasteiger partial charge in [0.2, 0.25) is 14.9 Å². The molecule has 1 aromatic heterocycles. The van der Waals surface area contributed by atoms with E-state index in [1.807, 2.05) is 0 Å². The minimum atomic E-state index is -4.17. The molecule has 1 heterocycles. The van der Waals surface area contributed by atoms with E-state index in [4.69, 9.17) is 9.88 Å². The Morgan fingerprint density at radius 1 is 1.71 bits per heavy atom. The molecular formula is C7H12N4O5S. The topological polar surface area (TPSA) is 130 Å². The molecule has 2 N–H and O–H groups in total. The fourth-order valence-electron chi connectivity index (χ4n) is 1.15. The zero-order chi connectivity index (χ0) is 13.2. The average molecular weight is 264 g/mol. The molecule has 10 heteroatoms. The highest BCUT2D eigenvalue weighted by molar-refractivity contribution is 7.89. The first-order chi connectivity index (χ1) is 7.75. The number of methoxy groups -OCH3 is 1. The number of sulfonamides is 1. The number of aromatic nitrogens is 2. The molecule has 1 atom stereocenters. The van der Waals surface area contributed by atoms with E-state index in [1.54, 1.807) is 6.92 Å². The molecule has 0 fully saturated rings. The third-order valence-electron chi connectivity index (χ3n) is 2.04. The van der Waals surface area contributed by atoms with Crippen molar-refractivity contribution in [2.24, 2.45) is 5.14 Å². The third kappa shape index (κ3) is 3.22. The first-order valence-corrected chi connectivity index (χ1v) is 6.07. The van der Waals surface area contributed by atoms with Crippen LogP contribution in [0, 0.1) is 10.1 Å². The summed E-state index contributed by atoms with van der Waals surface area (Å²) in [6, 6.07) is 0. The minimum absolute atomic E-state index is 0.187. The van der Waals surface area contributed by atoms with E-state index in [1.165, 1.54) is 7.11 Å². The van der Waals surface area contributed by atoms with Crippen molar-refractivity contribution in [1.29, 1.82) is 0 Å². The fourth-order valence-corrected chi connectivity index (χ4v) is 1.79. The minimum Gasteiger partial charge on any atom is -0.380 e. The lowest BCUT2D eigenvalue weighted by molar-refractivity contribution is -0.392. The van der Waals surface area contributed by atoms with Gasteiger partial charge in [-0.05, 0) is 11.8 Å². The Hall–Kier alpha value is -1.52. The monoisotopic (exact) mass is 264 g/mol. The molecule has 0 saturated carbocycles. The number of primary sulfonamides is 1. The summed E-state index contributed by atoms with van der Waals surface area (Å²) >= 11 is 0. The van der Waals surface area contributed by atoms with Gasteiger partial charge < -0.3 is 14.9 Å². The zero-order valence-corrected chi connectivity index (χ0v) is 10.0. The smallest absolute Gasteiger partial charge is 0.380 e. The maximum absolute atomic E-state index is 11.1. The van der Waals surface area contributed by atoms with Crippen molar-refractivity contribution >= 4 is 15.8 Å². The van der Waals surface area contributed by atoms with Gasteiger partial charge in [-0.25, -0.2) is 13.6 Å². The molecule has 0 aliphatic carbocycles. The summed E-state index contributed by atoms with van der Waals surface area (Å²) < 4.78 is 28.3. The molecule has 1 rings (SSSR count). The van der Waals surface area contributed by atoms with Crippen LogP contribution in [0.15, 0.2) is 11.1 Å². The van der Waals surface area contributed by atoms with Crippen LogP contribution in [0.3, 0.4) is 0 Å². The summed E-state index contributed by atoms with van der Waals surface area (Å²) in [5.74, 6) is -0.782. The number of nitrogens with zero attached hydrogens (tertiary/aromatic N) is 3. The van der Waals surface area contributed by atoms with Crippen molar-refractivity contribution in [2.45, 2.75) is 24.5 Å². The van der Waals surface area contributed by atoms with Gasteiger partial charge >= 0.3 is 5.82 Å². The molecule has 0 aromatic carbocycles. The van der Waals surface area contributed by atoms with E-state index in [0.29, 0.717) is 0 Å². The maximum atomic E-state index is 11.1. The number of rotatable bonds is 5. The standard InChI is InChI=1S/C7H12N4O5S/c1-5(16-2)3-10-4-6(17(8,14)15)7(9-10)11(12)13/h4-5H,3H2,1-2H3,(H2,8,14,15). The van der Waals surface area contributed by atoms with E-state index >= 15 is 0 Å². The highest BCUT2D eigenvalue weighted by Gasteiger charge is 2.29. The molecule has 96 valence electrons. The van der Waals surface area contributed by atoms with Gasteiger partial charge in [0.05, 0.1) is 23.9 Å². The van der Waals surface area contributed by atoms with Crippen molar-refractivity contribution in [1.82, 2.24) is 9.78 Å². The largest absolute Gasteiger partial charge is 0.410 e. The van der Waals surface area contributed by atoms with Gasteiger partial charge in [-0.2, -0.15) is 4.68 Å². The van der Waals surface area contributed by atoms with Gasteiger partial charge in [0, 0.05) is 7.11 Å². The van der Waals surface area contributed by atoms with Crippen LogP contribution in [-0.2, 0) is 21.3 Å². The lowest BCUT2D eigenvalue weighted by Gasteiger charge is -2.05. The lowest BCUT2D eigenvalue weighted by atomic mass is 10.4. The van der Waals surface area contributed by atoms with Crippen LogP contribution in [0.4, 0.5) is 5.82 Å². The van der Waals surface area contributed by atoms with Crippen LogP contribution in [0.25, 0.3) is 0 Å². The second-order valence-electron chi connectivity index (χ2n) is 3.39. The van der Waals surface area contributed by atoms with Crippen LogP contribution >= 0.6 is 0 Å². The van der Waals surface area contributed by atoms with E-state index in [2.05, 4.69) is 5.10 Å². The Labute approximate surface area is 97.4 Å². The number of nitro groups is 1. The lowest BCUT2D eigenvalue weighted by Crippen LogP contribution is -2.15. The van der Waals surface area contributed by atoms with Gasteiger partial charge in [0.25, 0.3) is 0 Å². The molecule has 1 unspecified atom stereocenters. The van der Waals surface area contributed by atoms with E-state index in [9.17, 15) is 18.5 Å². The molecule has 0 aliphatic rings. The van der Waals surface area contributed by atoms with Crippen LogP contribution < -0.4 is 5.14 Å². The number of nitrogens with two attached hydrogens (primary N) is 1. The first kappa shape index (κ1) is 13.5. The second kappa shape index (κ2) is 4.77. The van der Waals surface area contributed by atoms with Crippen LogP contribution in [0.2, 0.25) is 0 Å². The Kier molecular flexibility index (Phi) is 3.80. The van der Waals surface area contributed by atoms with Crippen molar-refractivity contribution in [2.75, 3.05) is 7.11 Å². The molecule has 0 spiro atoms. The van der Waals surface area contributed by atoms with Crippen molar-refractivity contribution in [3.8, 4) is 0 Å². The molecule has 0 aliphatic heterocycles. The van der Waals surface area contributed by atoms with Crippen LogP contribution in [0.5, 0.6) is 0 Å². The van der Waals surface area contributed by atoms with Gasteiger partial charge in [-0.3, -0.25) is 0 Å². The molecule has 0 radical (unpaired) electrons. The quantitative estimate of drug-likeness (QED) is 0.562. The SMILES string of the molecule is COC(C)Cn1cc(S(N)(=O)=O)c([N+](=O)[O-])n1. The fraction of sp³-hybridized carbons (Fsp3) is 0.571. The maximum Gasteiger partial charge on any atom is 0.410 e. The molecule has 9 nitrogen and oxygen atoms in total. The normalized spacial score (nSPS) is 13.6. The van der Waals surface area contributed by atoms with Gasteiger partial charge in [0.15, 0.2) is 0 Å². The predicted octanol–water partition coefficient (Wildman–Crippen LogP) is -0.526. The molecule has 0 bridgehead atoms. The molecule has 17 heavy (non-hydrogen) atoms. The van der Waals surface area contributed by atoms with Crippen LogP contribution in [-0.4, -0.2) is 36.3 Å². The predicted molar refractivity (Wildman–Crippen MR) is 56.7 cm³/mol. The summed E-state index contributed by atoms with van der Waals surface area (Å²) in [5.41, 5.74) is 0. The average Bonchev–Trinajstić information content (AvgIpc) is 2.61. The van der Waals surface area contributed by atoms with E-state index < -0.39 is 25.7 Å². The summed E-state index contributed by atoms with van der Waals surface area (Å²) in [4.78, 5) is 9.11. The Morgan fingerprint density at radius 2 is 2.29 bits per heavy atom. The molecule has 0 amide bonds. The van der Waals surface area contributed by atoms with Gasteiger partial charge in [-0.15, -0.1) is 0 Å². The Morgan fingerprint density at radius 3 is 2.65 bits per heavy atom. The third-order valence-corrected chi connectivity index (χ3v) is 2.94. The van der Waals surface area contributed by atoms with E-state index in [0.717, 1.165) is 10.9 Å². The number of ether oxygens (including phenoxy) is 1.